The van der Waals surface area contributed by atoms with Gasteiger partial charge in [-0.1, -0.05) is 12.1 Å². The molecule has 1 aliphatic carbocycles. The molecule has 0 atom stereocenters. The lowest BCUT2D eigenvalue weighted by Crippen LogP contribution is -2.23. The molecule has 2 N–H and O–H groups in total. The average molecular weight is 355 g/mol. The van der Waals surface area contributed by atoms with Gasteiger partial charge < -0.3 is 15.4 Å². The lowest BCUT2D eigenvalue weighted by atomic mass is 9.90. The molecule has 0 saturated carbocycles. The summed E-state index contributed by atoms with van der Waals surface area (Å²) in [6.07, 6.45) is 4.47. The fraction of sp³-hybridized carbons (Fsp3) is 0.316. The summed E-state index contributed by atoms with van der Waals surface area (Å²) in [5.74, 6) is 0.00945. The van der Waals surface area contributed by atoms with Crippen LogP contribution in [-0.2, 0) is 17.6 Å². The Labute approximate surface area is 151 Å². The molecule has 0 fully saturated rings. The van der Waals surface area contributed by atoms with Gasteiger partial charge in [0.2, 0.25) is 5.91 Å². The van der Waals surface area contributed by atoms with Crippen LogP contribution >= 0.6 is 0 Å². The van der Waals surface area contributed by atoms with Crippen LogP contribution in [0.2, 0.25) is 0 Å². The summed E-state index contributed by atoms with van der Waals surface area (Å²) in [5, 5.41) is 16.8. The van der Waals surface area contributed by atoms with E-state index >= 15 is 0 Å². The highest BCUT2D eigenvalue weighted by Gasteiger charge is 2.15. The number of benzene rings is 2. The molecule has 1 amide bonds. The van der Waals surface area contributed by atoms with Crippen molar-refractivity contribution < 1.29 is 14.5 Å². The number of hydrogen-bond donors (Lipinski definition) is 2. The highest BCUT2D eigenvalue weighted by Crippen LogP contribution is 2.29. The van der Waals surface area contributed by atoms with Crippen molar-refractivity contribution in [3.63, 3.8) is 0 Å². The van der Waals surface area contributed by atoms with Gasteiger partial charge in [-0.3, -0.25) is 14.9 Å². The van der Waals surface area contributed by atoms with Gasteiger partial charge in [-0.15, -0.1) is 0 Å². The number of rotatable bonds is 6. The number of nitrogens with zero attached hydrogens (tertiary/aromatic N) is 1. The summed E-state index contributed by atoms with van der Waals surface area (Å²) in [5.41, 5.74) is 3.94. The van der Waals surface area contributed by atoms with Crippen molar-refractivity contribution in [2.24, 2.45) is 0 Å². The smallest absolute Gasteiger partial charge is 0.273 e. The van der Waals surface area contributed by atoms with E-state index in [2.05, 4.69) is 16.7 Å². The standard InChI is InChI=1S/C19H21N3O4/c1-26-18-11-14(22(24)25)9-10-17(18)21-19(23)12-20-16-8-4-6-13-5-2-3-7-15(13)16/h4,6,8-11,20H,2-3,5,7,12H2,1H3,(H,21,23). The number of nitrogens with one attached hydrogen (secondary N) is 2. The van der Waals surface area contributed by atoms with E-state index < -0.39 is 4.92 Å². The number of amides is 1. The van der Waals surface area contributed by atoms with Crippen molar-refractivity contribution in [1.29, 1.82) is 0 Å². The second-order valence-electron chi connectivity index (χ2n) is 6.19. The number of non-ortho nitro benzene ring substituents is 1. The second-order valence-corrected chi connectivity index (χ2v) is 6.19. The topological polar surface area (TPSA) is 93.5 Å². The molecule has 0 bridgehead atoms. The molecule has 7 heteroatoms. The molecule has 2 aromatic carbocycles. The van der Waals surface area contributed by atoms with Crippen LogP contribution in [0, 0.1) is 10.1 Å². The van der Waals surface area contributed by atoms with Gasteiger partial charge in [-0.05, 0) is 48.9 Å². The summed E-state index contributed by atoms with van der Waals surface area (Å²) in [4.78, 5) is 22.6. The first-order valence-electron chi connectivity index (χ1n) is 8.55. The first-order chi connectivity index (χ1) is 12.6. The maximum absolute atomic E-state index is 12.3. The minimum atomic E-state index is -0.506. The number of ether oxygens (including phenoxy) is 1. The monoisotopic (exact) mass is 355 g/mol. The van der Waals surface area contributed by atoms with E-state index in [4.69, 9.17) is 4.74 Å². The molecule has 0 aliphatic heterocycles. The third-order valence-electron chi connectivity index (χ3n) is 4.51. The van der Waals surface area contributed by atoms with Gasteiger partial charge in [0.05, 0.1) is 30.3 Å². The zero-order chi connectivity index (χ0) is 18.5. The fourth-order valence-electron chi connectivity index (χ4n) is 3.21. The van der Waals surface area contributed by atoms with Crippen LogP contribution in [0.3, 0.4) is 0 Å². The van der Waals surface area contributed by atoms with Crippen LogP contribution in [0.1, 0.15) is 24.0 Å². The molecular formula is C19H21N3O4. The van der Waals surface area contributed by atoms with E-state index in [0.717, 1.165) is 24.9 Å². The molecule has 2 aromatic rings. The summed E-state index contributed by atoms with van der Waals surface area (Å²) in [6, 6.07) is 10.2. The molecule has 0 aromatic heterocycles. The minimum Gasteiger partial charge on any atom is -0.494 e. The number of carbonyl (C=O) groups is 1. The van der Waals surface area contributed by atoms with Crippen LogP contribution in [0.5, 0.6) is 5.75 Å². The highest BCUT2D eigenvalue weighted by atomic mass is 16.6. The van der Waals surface area contributed by atoms with E-state index in [1.54, 1.807) is 0 Å². The number of methoxy groups -OCH3 is 1. The van der Waals surface area contributed by atoms with Crippen LogP contribution in [0.4, 0.5) is 17.1 Å². The number of aryl methyl sites for hydroxylation is 1. The van der Waals surface area contributed by atoms with Gasteiger partial charge in [0.15, 0.2) is 0 Å². The second kappa shape index (κ2) is 7.86. The summed E-state index contributed by atoms with van der Waals surface area (Å²) < 4.78 is 5.13. The molecule has 26 heavy (non-hydrogen) atoms. The molecule has 0 saturated heterocycles. The molecule has 0 unspecified atom stereocenters. The number of nitro groups is 1. The Bertz CT molecular complexity index is 836. The molecule has 1 aliphatic rings. The Balaban J connectivity index is 1.66. The number of carbonyl (C=O) groups excluding carboxylic acids is 1. The van der Waals surface area contributed by atoms with Crippen LogP contribution < -0.4 is 15.4 Å². The maximum Gasteiger partial charge on any atom is 0.273 e. The van der Waals surface area contributed by atoms with Gasteiger partial charge in [0.1, 0.15) is 5.75 Å². The zero-order valence-electron chi connectivity index (χ0n) is 14.6. The Morgan fingerprint density at radius 2 is 2.00 bits per heavy atom. The van der Waals surface area contributed by atoms with Crippen molar-refractivity contribution in [1.82, 2.24) is 0 Å². The molecule has 3 rings (SSSR count). The maximum atomic E-state index is 12.3. The Morgan fingerprint density at radius 1 is 1.19 bits per heavy atom. The van der Waals surface area contributed by atoms with Crippen molar-refractivity contribution in [3.05, 3.63) is 57.6 Å². The SMILES string of the molecule is COc1cc([N+](=O)[O-])ccc1NC(=O)CNc1cccc2c1CCCC2. The van der Waals surface area contributed by atoms with E-state index in [1.807, 2.05) is 12.1 Å². The molecule has 0 radical (unpaired) electrons. The number of anilines is 2. The summed E-state index contributed by atoms with van der Waals surface area (Å²) >= 11 is 0. The quantitative estimate of drug-likeness (QED) is 0.611. The minimum absolute atomic E-state index is 0.0890. The molecular weight excluding hydrogens is 334 g/mol. The van der Waals surface area contributed by atoms with Gasteiger partial charge in [-0.2, -0.15) is 0 Å². The average Bonchev–Trinajstić information content (AvgIpc) is 2.66. The van der Waals surface area contributed by atoms with Crippen molar-refractivity contribution >= 4 is 23.0 Å². The lowest BCUT2D eigenvalue weighted by molar-refractivity contribution is -0.384. The van der Waals surface area contributed by atoms with Crippen LogP contribution in [-0.4, -0.2) is 24.5 Å². The largest absolute Gasteiger partial charge is 0.494 e. The van der Waals surface area contributed by atoms with E-state index in [9.17, 15) is 14.9 Å². The van der Waals surface area contributed by atoms with Gasteiger partial charge in [-0.25, -0.2) is 0 Å². The fourth-order valence-corrected chi connectivity index (χ4v) is 3.21. The Hall–Kier alpha value is -3.09. The predicted molar refractivity (Wildman–Crippen MR) is 99.9 cm³/mol. The van der Waals surface area contributed by atoms with Crippen molar-refractivity contribution in [3.8, 4) is 5.75 Å². The number of fused-ring (bicyclic) bond motifs is 1. The molecule has 7 nitrogen and oxygen atoms in total. The first-order valence-corrected chi connectivity index (χ1v) is 8.55. The van der Waals surface area contributed by atoms with Gasteiger partial charge in [0, 0.05) is 11.8 Å². The van der Waals surface area contributed by atoms with Crippen LogP contribution in [0.25, 0.3) is 0 Å². The van der Waals surface area contributed by atoms with Crippen LogP contribution in [0.15, 0.2) is 36.4 Å². The molecule has 0 spiro atoms. The summed E-state index contributed by atoms with van der Waals surface area (Å²) in [6.45, 7) is 0.108. The third-order valence-corrected chi connectivity index (χ3v) is 4.51. The Morgan fingerprint density at radius 3 is 2.77 bits per heavy atom. The third kappa shape index (κ3) is 3.93. The Kier molecular flexibility index (Phi) is 5.36. The van der Waals surface area contributed by atoms with E-state index in [-0.39, 0.29) is 23.9 Å². The first kappa shape index (κ1) is 17.7. The van der Waals surface area contributed by atoms with Gasteiger partial charge in [0.25, 0.3) is 5.69 Å². The van der Waals surface area contributed by atoms with E-state index in [1.165, 1.54) is 42.9 Å². The summed E-state index contributed by atoms with van der Waals surface area (Å²) in [7, 11) is 1.41. The predicted octanol–water partition coefficient (Wildman–Crippen LogP) is 3.53. The lowest BCUT2D eigenvalue weighted by Gasteiger charge is -2.20. The number of nitro benzene ring substituents is 1. The van der Waals surface area contributed by atoms with Crippen molar-refractivity contribution in [2.75, 3.05) is 24.3 Å². The normalized spacial score (nSPS) is 12.8. The van der Waals surface area contributed by atoms with Gasteiger partial charge >= 0.3 is 0 Å². The zero-order valence-corrected chi connectivity index (χ0v) is 14.6. The molecule has 136 valence electrons. The van der Waals surface area contributed by atoms with Crippen molar-refractivity contribution in [2.45, 2.75) is 25.7 Å². The molecule has 0 heterocycles. The highest BCUT2D eigenvalue weighted by molar-refractivity contribution is 5.95. The van der Waals surface area contributed by atoms with E-state index in [0.29, 0.717) is 5.69 Å². The number of hydrogen-bond acceptors (Lipinski definition) is 5.